The Balaban J connectivity index is 1.56. The predicted molar refractivity (Wildman–Crippen MR) is 106 cm³/mol. The Kier molecular flexibility index (Phi) is 5.19. The van der Waals surface area contributed by atoms with Crippen molar-refractivity contribution < 1.29 is 9.53 Å². The molecule has 0 spiro atoms. The van der Waals surface area contributed by atoms with Gasteiger partial charge in [0.15, 0.2) is 0 Å². The lowest BCUT2D eigenvalue weighted by molar-refractivity contribution is 0.0603. The van der Waals surface area contributed by atoms with E-state index in [0.717, 1.165) is 35.5 Å². The molecule has 4 heterocycles. The van der Waals surface area contributed by atoms with Crippen LogP contribution in [-0.2, 0) is 11.2 Å². The third kappa shape index (κ3) is 3.48. The molecule has 5 rings (SSSR count). The third-order valence-electron chi connectivity index (χ3n) is 6.13. The Morgan fingerprint density at radius 1 is 1.33 bits per heavy atom. The van der Waals surface area contributed by atoms with E-state index in [0.29, 0.717) is 11.6 Å². The molecule has 146 valence electrons. The largest absolute Gasteiger partial charge is 0.465 e. The topological polar surface area (TPSA) is 59.4 Å². The smallest absolute Gasteiger partial charge is 0.338 e. The number of piperidine rings is 3. The first-order valence-electron chi connectivity index (χ1n) is 10.1. The van der Waals surface area contributed by atoms with E-state index in [1.165, 1.54) is 39.6 Å². The van der Waals surface area contributed by atoms with Crippen molar-refractivity contribution in [1.82, 2.24) is 20.0 Å². The molecule has 0 saturated carbocycles. The standard InChI is InChI=1S/C21H30N4O2/c1-14(2)25-19-6-4-5-16(21(26)27-3)20(19)17(23-25)7-10-22-18-13-24-11-8-15(18)9-12-24/h4-6,14-15,18,22H,7-13H2,1-3H3. The highest BCUT2D eigenvalue weighted by molar-refractivity contribution is 6.04. The van der Waals surface area contributed by atoms with Gasteiger partial charge in [0.2, 0.25) is 0 Å². The second-order valence-corrected chi connectivity index (χ2v) is 8.12. The van der Waals surface area contributed by atoms with Crippen molar-refractivity contribution in [3.63, 3.8) is 0 Å². The average molecular weight is 370 g/mol. The summed E-state index contributed by atoms with van der Waals surface area (Å²) in [5.74, 6) is 0.515. The minimum absolute atomic E-state index is 0.240. The molecule has 1 aromatic heterocycles. The Bertz CT molecular complexity index is 821. The van der Waals surface area contributed by atoms with Gasteiger partial charge in [0.05, 0.1) is 23.9 Å². The Labute approximate surface area is 160 Å². The minimum atomic E-state index is -0.296. The highest BCUT2D eigenvalue weighted by atomic mass is 16.5. The van der Waals surface area contributed by atoms with E-state index in [-0.39, 0.29) is 12.0 Å². The van der Waals surface area contributed by atoms with E-state index in [1.54, 1.807) is 0 Å². The zero-order valence-electron chi connectivity index (χ0n) is 16.6. The first-order chi connectivity index (χ1) is 13.1. The highest BCUT2D eigenvalue weighted by Crippen LogP contribution is 2.28. The normalized spacial score (nSPS) is 24.7. The fraction of sp³-hybridized carbons (Fsp3) is 0.619. The zero-order chi connectivity index (χ0) is 19.0. The number of fused-ring (bicyclic) bond motifs is 4. The van der Waals surface area contributed by atoms with Crippen molar-refractivity contribution in [2.24, 2.45) is 5.92 Å². The van der Waals surface area contributed by atoms with Crippen molar-refractivity contribution in [3.8, 4) is 0 Å². The quantitative estimate of drug-likeness (QED) is 0.792. The number of hydrogen-bond donors (Lipinski definition) is 1. The van der Waals surface area contributed by atoms with Gasteiger partial charge >= 0.3 is 5.97 Å². The van der Waals surface area contributed by atoms with Crippen molar-refractivity contribution in [1.29, 1.82) is 0 Å². The lowest BCUT2D eigenvalue weighted by atomic mass is 9.84. The van der Waals surface area contributed by atoms with E-state index >= 15 is 0 Å². The second-order valence-electron chi connectivity index (χ2n) is 8.12. The molecule has 1 N–H and O–H groups in total. The molecule has 0 radical (unpaired) electrons. The molecule has 0 amide bonds. The van der Waals surface area contributed by atoms with Gasteiger partial charge in [0, 0.05) is 37.0 Å². The Morgan fingerprint density at radius 3 is 2.74 bits per heavy atom. The van der Waals surface area contributed by atoms with Crippen LogP contribution in [0.25, 0.3) is 10.9 Å². The lowest BCUT2D eigenvalue weighted by Crippen LogP contribution is -2.56. The molecule has 1 unspecified atom stereocenters. The van der Waals surface area contributed by atoms with Gasteiger partial charge in [-0.25, -0.2) is 4.79 Å². The molecule has 3 fully saturated rings. The van der Waals surface area contributed by atoms with Crippen LogP contribution in [0.4, 0.5) is 0 Å². The summed E-state index contributed by atoms with van der Waals surface area (Å²) in [6.07, 6.45) is 3.44. The molecule has 3 aliphatic rings. The van der Waals surface area contributed by atoms with Gasteiger partial charge in [-0.2, -0.15) is 5.10 Å². The average Bonchev–Trinajstić information content (AvgIpc) is 3.07. The number of esters is 1. The van der Waals surface area contributed by atoms with Crippen molar-refractivity contribution in [2.45, 2.75) is 45.2 Å². The second kappa shape index (κ2) is 7.60. The number of methoxy groups -OCH3 is 1. The summed E-state index contributed by atoms with van der Waals surface area (Å²) in [6, 6.07) is 6.61. The van der Waals surface area contributed by atoms with Crippen LogP contribution in [0.1, 0.15) is 48.8 Å². The summed E-state index contributed by atoms with van der Waals surface area (Å²) >= 11 is 0. The molecule has 6 heteroatoms. The maximum Gasteiger partial charge on any atom is 0.338 e. The Hall–Kier alpha value is -1.92. The van der Waals surface area contributed by atoms with E-state index in [4.69, 9.17) is 9.84 Å². The van der Waals surface area contributed by atoms with Crippen LogP contribution in [-0.4, -0.2) is 60.0 Å². The van der Waals surface area contributed by atoms with E-state index in [9.17, 15) is 4.79 Å². The molecule has 3 aliphatic heterocycles. The fourth-order valence-electron chi connectivity index (χ4n) is 4.69. The number of carbonyl (C=O) groups excluding carboxylic acids is 1. The van der Waals surface area contributed by atoms with Gasteiger partial charge < -0.3 is 15.0 Å². The first-order valence-corrected chi connectivity index (χ1v) is 10.1. The number of nitrogens with one attached hydrogen (secondary N) is 1. The first kappa shape index (κ1) is 18.4. The summed E-state index contributed by atoms with van der Waals surface area (Å²) in [5.41, 5.74) is 2.60. The molecule has 1 aromatic carbocycles. The molecule has 1 atom stereocenters. The summed E-state index contributed by atoms with van der Waals surface area (Å²) in [4.78, 5) is 14.9. The van der Waals surface area contributed by atoms with Gasteiger partial charge in [-0.05, 0) is 57.8 Å². The molecule has 3 saturated heterocycles. The van der Waals surface area contributed by atoms with Crippen molar-refractivity contribution >= 4 is 16.9 Å². The van der Waals surface area contributed by atoms with E-state index in [2.05, 4.69) is 24.1 Å². The van der Waals surface area contributed by atoms with Gasteiger partial charge in [-0.15, -0.1) is 0 Å². The van der Waals surface area contributed by atoms with Crippen molar-refractivity contribution in [3.05, 3.63) is 29.5 Å². The highest BCUT2D eigenvalue weighted by Gasteiger charge is 2.33. The van der Waals surface area contributed by atoms with Gasteiger partial charge in [0.1, 0.15) is 0 Å². The number of aromatic nitrogens is 2. The SMILES string of the molecule is COC(=O)c1cccc2c1c(CCNC1CN3CCC1CC3)nn2C(C)C. The summed E-state index contributed by atoms with van der Waals surface area (Å²) in [5, 5.41) is 9.55. The van der Waals surface area contributed by atoms with Gasteiger partial charge in [-0.1, -0.05) is 6.07 Å². The molecule has 2 bridgehead atoms. The van der Waals surface area contributed by atoms with E-state index in [1.807, 2.05) is 22.9 Å². The Morgan fingerprint density at radius 2 is 2.11 bits per heavy atom. The summed E-state index contributed by atoms with van der Waals surface area (Å²) in [6.45, 7) is 8.80. The van der Waals surface area contributed by atoms with Gasteiger partial charge in [0.25, 0.3) is 0 Å². The molecule has 27 heavy (non-hydrogen) atoms. The maximum absolute atomic E-state index is 12.3. The van der Waals surface area contributed by atoms with Crippen LogP contribution < -0.4 is 5.32 Å². The van der Waals surface area contributed by atoms with Crippen LogP contribution >= 0.6 is 0 Å². The van der Waals surface area contributed by atoms with Crippen LogP contribution in [0.2, 0.25) is 0 Å². The monoisotopic (exact) mass is 370 g/mol. The van der Waals surface area contributed by atoms with E-state index < -0.39 is 0 Å². The molecule has 6 nitrogen and oxygen atoms in total. The third-order valence-corrected chi connectivity index (χ3v) is 6.13. The number of nitrogens with zero attached hydrogens (tertiary/aromatic N) is 3. The molecular formula is C21H30N4O2. The fourth-order valence-corrected chi connectivity index (χ4v) is 4.69. The van der Waals surface area contributed by atoms with Crippen molar-refractivity contribution in [2.75, 3.05) is 33.3 Å². The lowest BCUT2D eigenvalue weighted by Gasteiger charge is -2.45. The van der Waals surface area contributed by atoms with Gasteiger partial charge in [-0.3, -0.25) is 4.68 Å². The number of benzene rings is 1. The number of rotatable bonds is 6. The van der Waals surface area contributed by atoms with Crippen LogP contribution in [0, 0.1) is 5.92 Å². The number of ether oxygens (including phenoxy) is 1. The summed E-state index contributed by atoms with van der Waals surface area (Å²) < 4.78 is 7.02. The van der Waals surface area contributed by atoms with Crippen LogP contribution in [0.5, 0.6) is 0 Å². The minimum Gasteiger partial charge on any atom is -0.465 e. The zero-order valence-corrected chi connectivity index (χ0v) is 16.6. The molecule has 0 aliphatic carbocycles. The molecule has 2 aromatic rings. The summed E-state index contributed by atoms with van der Waals surface area (Å²) in [7, 11) is 1.43. The number of carbonyl (C=O) groups is 1. The number of hydrogen-bond acceptors (Lipinski definition) is 5. The van der Waals surface area contributed by atoms with Crippen LogP contribution in [0.3, 0.4) is 0 Å². The molecular weight excluding hydrogens is 340 g/mol. The predicted octanol–water partition coefficient (Wildman–Crippen LogP) is 2.63. The maximum atomic E-state index is 12.3. The van der Waals surface area contributed by atoms with Crippen LogP contribution in [0.15, 0.2) is 18.2 Å².